The fraction of sp³-hybridized carbons (Fsp3) is 0.500. The van der Waals surface area contributed by atoms with Crippen molar-refractivity contribution in [2.45, 2.75) is 24.7 Å². The number of benzene rings is 1. The van der Waals surface area contributed by atoms with E-state index in [2.05, 4.69) is 12.1 Å². The van der Waals surface area contributed by atoms with Gasteiger partial charge in [-0.3, -0.25) is 4.79 Å². The molecule has 4 nitrogen and oxygen atoms in total. The van der Waals surface area contributed by atoms with Gasteiger partial charge in [0.2, 0.25) is 0 Å². The van der Waals surface area contributed by atoms with Crippen LogP contribution in [0, 0.1) is 0 Å². The van der Waals surface area contributed by atoms with Crippen molar-refractivity contribution in [3.8, 4) is 5.75 Å². The van der Waals surface area contributed by atoms with E-state index in [9.17, 15) is 4.79 Å². The highest BCUT2D eigenvalue weighted by molar-refractivity contribution is 5.67. The minimum Gasteiger partial charge on any atom is -0.493 e. The molecule has 0 atom stereocenters. The fourth-order valence-electron chi connectivity index (χ4n) is 2.67. The lowest BCUT2D eigenvalue weighted by molar-refractivity contribution is -0.139. The zero-order valence-corrected chi connectivity index (χ0v) is 10.1. The van der Waals surface area contributed by atoms with E-state index >= 15 is 0 Å². The number of hydrogen-bond acceptors (Lipinski definition) is 3. The monoisotopic (exact) mass is 248 g/mol. The van der Waals surface area contributed by atoms with Crippen molar-refractivity contribution < 1.29 is 19.4 Å². The van der Waals surface area contributed by atoms with Gasteiger partial charge >= 0.3 is 5.97 Å². The number of aliphatic carboxylic acids is 1. The maximum atomic E-state index is 10.7. The Morgan fingerprint density at radius 2 is 2.22 bits per heavy atom. The van der Waals surface area contributed by atoms with Gasteiger partial charge in [0.15, 0.2) is 0 Å². The highest BCUT2D eigenvalue weighted by atomic mass is 16.5. The molecule has 2 aliphatic heterocycles. The van der Waals surface area contributed by atoms with E-state index in [1.807, 2.05) is 6.07 Å². The van der Waals surface area contributed by atoms with Gasteiger partial charge in [-0.25, -0.2) is 0 Å². The second kappa shape index (κ2) is 4.28. The van der Waals surface area contributed by atoms with Gasteiger partial charge in [-0.05, 0) is 23.6 Å². The summed E-state index contributed by atoms with van der Waals surface area (Å²) in [6.07, 6.45) is 1.78. The molecule has 0 aliphatic carbocycles. The van der Waals surface area contributed by atoms with Crippen molar-refractivity contribution in [3.63, 3.8) is 0 Å². The number of fused-ring (bicyclic) bond motifs is 1. The zero-order chi connectivity index (χ0) is 12.6. The highest BCUT2D eigenvalue weighted by Crippen LogP contribution is 2.39. The largest absolute Gasteiger partial charge is 0.493 e. The molecule has 0 aromatic heterocycles. The third kappa shape index (κ3) is 1.86. The molecule has 4 heteroatoms. The first-order valence-corrected chi connectivity index (χ1v) is 6.25. The second-order valence-electron chi connectivity index (χ2n) is 5.09. The first-order chi connectivity index (χ1) is 8.70. The van der Waals surface area contributed by atoms with E-state index in [0.29, 0.717) is 19.6 Å². The molecule has 1 aromatic carbocycles. The second-order valence-corrected chi connectivity index (χ2v) is 5.09. The van der Waals surface area contributed by atoms with Gasteiger partial charge in [0.1, 0.15) is 5.75 Å². The molecule has 0 radical (unpaired) electrons. The molecule has 1 aromatic rings. The van der Waals surface area contributed by atoms with Crippen LogP contribution in [0.4, 0.5) is 0 Å². The number of carboxylic acids is 1. The molecule has 2 aliphatic rings. The summed E-state index contributed by atoms with van der Waals surface area (Å²) in [5, 5.41) is 8.84. The van der Waals surface area contributed by atoms with E-state index in [0.717, 1.165) is 18.8 Å². The normalized spacial score (nSPS) is 19.8. The molecule has 1 N–H and O–H groups in total. The van der Waals surface area contributed by atoms with Crippen LogP contribution >= 0.6 is 0 Å². The molecule has 0 amide bonds. The molecule has 1 fully saturated rings. The van der Waals surface area contributed by atoms with Crippen LogP contribution in [0.15, 0.2) is 18.2 Å². The first kappa shape index (κ1) is 11.5. The molecule has 0 spiro atoms. The minimum atomic E-state index is -0.745. The predicted molar refractivity (Wildman–Crippen MR) is 65.0 cm³/mol. The summed E-state index contributed by atoms with van der Waals surface area (Å²) in [4.78, 5) is 10.7. The van der Waals surface area contributed by atoms with Crippen LogP contribution in [-0.2, 0) is 21.4 Å². The Morgan fingerprint density at radius 1 is 1.39 bits per heavy atom. The summed E-state index contributed by atoms with van der Waals surface area (Å²) in [5.74, 6) is 0.221. The summed E-state index contributed by atoms with van der Waals surface area (Å²) in [6, 6.07) is 6.21. The summed E-state index contributed by atoms with van der Waals surface area (Å²) in [7, 11) is 0. The van der Waals surface area contributed by atoms with Crippen molar-refractivity contribution >= 4 is 5.97 Å². The number of ether oxygens (including phenoxy) is 2. The van der Waals surface area contributed by atoms with E-state index in [1.165, 1.54) is 11.1 Å². The van der Waals surface area contributed by atoms with E-state index in [-0.39, 0.29) is 11.8 Å². The van der Waals surface area contributed by atoms with Gasteiger partial charge in [-0.15, -0.1) is 0 Å². The predicted octanol–water partition coefficient (Wildman–Crippen LogP) is 1.75. The maximum absolute atomic E-state index is 10.7. The third-order valence-corrected chi connectivity index (χ3v) is 3.88. The van der Waals surface area contributed by atoms with Crippen LogP contribution < -0.4 is 4.74 Å². The van der Waals surface area contributed by atoms with Crippen molar-refractivity contribution in [1.29, 1.82) is 0 Å². The summed E-state index contributed by atoms with van der Waals surface area (Å²) in [6.45, 7) is 2.00. The number of rotatable bonds is 4. The molecule has 0 unspecified atom stereocenters. The van der Waals surface area contributed by atoms with Gasteiger partial charge in [0, 0.05) is 18.3 Å². The van der Waals surface area contributed by atoms with Gasteiger partial charge in [0.25, 0.3) is 0 Å². The molecular formula is C14H16O4. The fourth-order valence-corrected chi connectivity index (χ4v) is 2.67. The SMILES string of the molecule is O=C(O)CCC1(c2ccc3c(c2)CCO3)COC1. The molecule has 2 heterocycles. The zero-order valence-electron chi connectivity index (χ0n) is 10.1. The van der Waals surface area contributed by atoms with Crippen LogP contribution in [0.3, 0.4) is 0 Å². The maximum Gasteiger partial charge on any atom is 0.303 e. The highest BCUT2D eigenvalue weighted by Gasteiger charge is 2.40. The van der Waals surface area contributed by atoms with E-state index in [4.69, 9.17) is 14.6 Å². The smallest absolute Gasteiger partial charge is 0.303 e. The van der Waals surface area contributed by atoms with Crippen LogP contribution in [0.1, 0.15) is 24.0 Å². The quantitative estimate of drug-likeness (QED) is 0.882. The lowest BCUT2D eigenvalue weighted by Gasteiger charge is -2.42. The van der Waals surface area contributed by atoms with E-state index in [1.54, 1.807) is 0 Å². The minimum absolute atomic E-state index is 0.101. The van der Waals surface area contributed by atoms with Crippen LogP contribution in [0.2, 0.25) is 0 Å². The Morgan fingerprint density at radius 3 is 2.89 bits per heavy atom. The lowest BCUT2D eigenvalue weighted by Crippen LogP contribution is -2.47. The molecule has 96 valence electrons. The average molecular weight is 248 g/mol. The van der Waals surface area contributed by atoms with Gasteiger partial charge in [-0.1, -0.05) is 12.1 Å². The van der Waals surface area contributed by atoms with Gasteiger partial charge in [-0.2, -0.15) is 0 Å². The molecule has 0 bridgehead atoms. The first-order valence-electron chi connectivity index (χ1n) is 6.25. The average Bonchev–Trinajstić information content (AvgIpc) is 2.74. The Kier molecular flexibility index (Phi) is 2.74. The number of carboxylic acid groups (broad SMARTS) is 1. The van der Waals surface area contributed by atoms with Crippen molar-refractivity contribution in [3.05, 3.63) is 29.3 Å². The Bertz CT molecular complexity index is 477. The van der Waals surface area contributed by atoms with Crippen LogP contribution in [0.25, 0.3) is 0 Å². The molecule has 1 saturated heterocycles. The molecule has 18 heavy (non-hydrogen) atoms. The van der Waals surface area contributed by atoms with Gasteiger partial charge in [0.05, 0.1) is 19.8 Å². The lowest BCUT2D eigenvalue weighted by atomic mass is 9.74. The number of hydrogen-bond donors (Lipinski definition) is 1. The Labute approximate surface area is 106 Å². The molecule has 0 saturated carbocycles. The topological polar surface area (TPSA) is 55.8 Å². The van der Waals surface area contributed by atoms with Crippen LogP contribution in [-0.4, -0.2) is 30.9 Å². The summed E-state index contributed by atoms with van der Waals surface area (Å²) in [5.41, 5.74) is 2.32. The number of carbonyl (C=O) groups is 1. The van der Waals surface area contributed by atoms with Crippen molar-refractivity contribution in [2.75, 3.05) is 19.8 Å². The van der Waals surface area contributed by atoms with Crippen molar-refractivity contribution in [1.82, 2.24) is 0 Å². The molecular weight excluding hydrogens is 232 g/mol. The molecule has 3 rings (SSSR count). The standard InChI is InChI=1S/C14H16O4/c15-13(16)3-5-14(8-17-9-14)11-1-2-12-10(7-11)4-6-18-12/h1-2,7H,3-6,8-9H2,(H,15,16). The third-order valence-electron chi connectivity index (χ3n) is 3.88. The van der Waals surface area contributed by atoms with E-state index < -0.39 is 5.97 Å². The Balaban J connectivity index is 1.85. The van der Waals surface area contributed by atoms with Gasteiger partial charge < -0.3 is 14.6 Å². The van der Waals surface area contributed by atoms with Crippen LogP contribution in [0.5, 0.6) is 5.75 Å². The Hall–Kier alpha value is -1.55. The summed E-state index contributed by atoms with van der Waals surface area (Å²) < 4.78 is 10.8. The summed E-state index contributed by atoms with van der Waals surface area (Å²) >= 11 is 0. The van der Waals surface area contributed by atoms with Crippen molar-refractivity contribution in [2.24, 2.45) is 0 Å².